The van der Waals surface area contributed by atoms with Crippen molar-refractivity contribution in [1.82, 2.24) is 5.32 Å². The Balaban J connectivity index is 2.48. The fourth-order valence-corrected chi connectivity index (χ4v) is 3.25. The van der Waals surface area contributed by atoms with Gasteiger partial charge in [-0.05, 0) is 36.6 Å². The maximum Gasteiger partial charge on any atom is 0.296 e. The van der Waals surface area contributed by atoms with Crippen LogP contribution in [0.25, 0.3) is 0 Å². The van der Waals surface area contributed by atoms with Crippen molar-refractivity contribution < 1.29 is 17.7 Å². The molecule has 0 saturated heterocycles. The molecule has 2 aromatic carbocycles. The van der Waals surface area contributed by atoms with E-state index in [1.807, 2.05) is 0 Å². The van der Waals surface area contributed by atoms with Crippen LogP contribution in [0.4, 0.5) is 5.69 Å². The first-order valence-electron chi connectivity index (χ1n) is 6.77. The number of hydrogen-bond donors (Lipinski definition) is 2. The molecule has 0 radical (unpaired) electrons. The second-order valence-electron chi connectivity index (χ2n) is 4.64. The summed E-state index contributed by atoms with van der Waals surface area (Å²) < 4.78 is 38.4. The van der Waals surface area contributed by atoms with Gasteiger partial charge in [-0.25, -0.2) is 4.99 Å². The molecule has 0 spiro atoms. The first-order chi connectivity index (χ1) is 12.2. The Morgan fingerprint density at radius 2 is 2.04 bits per heavy atom. The predicted octanol–water partition coefficient (Wildman–Crippen LogP) is 4.45. The van der Waals surface area contributed by atoms with Crippen molar-refractivity contribution in [2.45, 2.75) is 4.90 Å². The number of nitrogens with one attached hydrogen (secondary N) is 1. The molecule has 0 bridgehead atoms. The third-order valence-corrected chi connectivity index (χ3v) is 4.90. The summed E-state index contributed by atoms with van der Waals surface area (Å²) in [5.41, 5.74) is -0.0610. The molecule has 7 nitrogen and oxygen atoms in total. The van der Waals surface area contributed by atoms with Gasteiger partial charge in [-0.3, -0.25) is 9.87 Å². The predicted molar refractivity (Wildman–Crippen MR) is 102 cm³/mol. The standard InChI is InChI=1S/C15H11Cl2N3O4S2/c1-25-15(19-8-18)20-12-4-3-10(7-14(12)26(21,22)23)24-13-5-2-9(16)6-11(13)17/h2-7H,1H3,(H,19,20)(H,21,22,23). The molecule has 0 unspecified atom stereocenters. The van der Waals surface area contributed by atoms with Gasteiger partial charge in [-0.15, -0.1) is 0 Å². The number of nitrogens with zero attached hydrogens (tertiary/aromatic N) is 2. The summed E-state index contributed by atoms with van der Waals surface area (Å²) in [5.74, 6) is 0.365. The summed E-state index contributed by atoms with van der Waals surface area (Å²) in [7, 11) is -4.60. The van der Waals surface area contributed by atoms with Crippen LogP contribution in [0, 0.1) is 11.5 Å². The van der Waals surface area contributed by atoms with Gasteiger partial charge in [0.05, 0.1) is 10.7 Å². The molecule has 0 aromatic heterocycles. The minimum atomic E-state index is -4.60. The maximum atomic E-state index is 11.7. The van der Waals surface area contributed by atoms with Crippen molar-refractivity contribution in [1.29, 1.82) is 5.26 Å². The van der Waals surface area contributed by atoms with E-state index < -0.39 is 15.0 Å². The van der Waals surface area contributed by atoms with Crippen molar-refractivity contribution >= 4 is 55.9 Å². The van der Waals surface area contributed by atoms with Gasteiger partial charge in [-0.1, -0.05) is 35.0 Å². The molecule has 2 aromatic rings. The van der Waals surface area contributed by atoms with Crippen LogP contribution < -0.4 is 10.1 Å². The average Bonchev–Trinajstić information content (AvgIpc) is 2.57. The highest BCUT2D eigenvalue weighted by Crippen LogP contribution is 2.35. The number of thioether (sulfide) groups is 1. The Bertz CT molecular complexity index is 1000. The van der Waals surface area contributed by atoms with E-state index in [2.05, 4.69) is 10.3 Å². The number of aliphatic imine (C=N–C) groups is 1. The first kappa shape index (κ1) is 20.4. The largest absolute Gasteiger partial charge is 0.456 e. The van der Waals surface area contributed by atoms with Crippen molar-refractivity contribution in [2.75, 3.05) is 6.26 Å². The second-order valence-corrected chi connectivity index (χ2v) is 7.67. The molecule has 26 heavy (non-hydrogen) atoms. The summed E-state index contributed by atoms with van der Waals surface area (Å²) >= 11 is 12.9. The van der Waals surface area contributed by atoms with Gasteiger partial charge >= 0.3 is 0 Å². The minimum absolute atomic E-state index is 0.0610. The summed E-state index contributed by atoms with van der Waals surface area (Å²) in [5, 5.41) is 11.8. The van der Waals surface area contributed by atoms with Crippen LogP contribution in [0.2, 0.25) is 10.0 Å². The smallest absolute Gasteiger partial charge is 0.296 e. The number of halogens is 2. The fourth-order valence-electron chi connectivity index (χ4n) is 1.82. The molecule has 2 N–H and O–H groups in total. The molecule has 2 rings (SSSR count). The van der Waals surface area contributed by atoms with Gasteiger partial charge in [0, 0.05) is 11.1 Å². The molecule has 11 heteroatoms. The monoisotopic (exact) mass is 431 g/mol. The lowest BCUT2D eigenvalue weighted by Crippen LogP contribution is -2.12. The third-order valence-electron chi connectivity index (χ3n) is 2.91. The summed E-state index contributed by atoms with van der Waals surface area (Å²) in [6, 6.07) is 8.43. The number of amidine groups is 1. The SMILES string of the molecule is CSC(=Nc1ccc(Oc2ccc(Cl)cc2Cl)cc1S(=O)(=O)O)NC#N. The zero-order valence-corrected chi connectivity index (χ0v) is 16.2. The van der Waals surface area contributed by atoms with Crippen molar-refractivity contribution in [3.63, 3.8) is 0 Å². The van der Waals surface area contributed by atoms with E-state index in [1.54, 1.807) is 18.5 Å². The normalized spacial score (nSPS) is 11.7. The van der Waals surface area contributed by atoms with Crippen molar-refractivity contribution in [2.24, 2.45) is 4.99 Å². The van der Waals surface area contributed by atoms with Crippen LogP contribution in [-0.2, 0) is 10.1 Å². The van der Waals surface area contributed by atoms with Crippen LogP contribution in [0.1, 0.15) is 0 Å². The van der Waals surface area contributed by atoms with Gasteiger partial charge in [0.2, 0.25) is 0 Å². The van der Waals surface area contributed by atoms with Crippen LogP contribution in [-0.4, -0.2) is 24.4 Å². The Labute approximate surface area is 164 Å². The summed E-state index contributed by atoms with van der Waals surface area (Å²) in [6.45, 7) is 0. The zero-order valence-electron chi connectivity index (χ0n) is 13.1. The third kappa shape index (κ3) is 5.27. The Morgan fingerprint density at radius 1 is 1.31 bits per heavy atom. The maximum absolute atomic E-state index is 11.7. The molecular weight excluding hydrogens is 421 g/mol. The molecule has 0 heterocycles. The number of nitriles is 1. The Morgan fingerprint density at radius 3 is 2.62 bits per heavy atom. The molecule has 0 amide bonds. The van der Waals surface area contributed by atoms with E-state index in [0.717, 1.165) is 17.8 Å². The van der Waals surface area contributed by atoms with Gasteiger partial charge < -0.3 is 4.74 Å². The molecule has 0 atom stereocenters. The zero-order chi connectivity index (χ0) is 19.3. The molecule has 0 aliphatic carbocycles. The van der Waals surface area contributed by atoms with E-state index in [9.17, 15) is 13.0 Å². The molecule has 0 aliphatic heterocycles. The lowest BCUT2D eigenvalue weighted by atomic mass is 10.3. The average molecular weight is 432 g/mol. The van der Waals surface area contributed by atoms with E-state index in [4.69, 9.17) is 33.2 Å². The van der Waals surface area contributed by atoms with Crippen LogP contribution in [0.3, 0.4) is 0 Å². The van der Waals surface area contributed by atoms with Gasteiger partial charge in [-0.2, -0.15) is 13.7 Å². The topological polar surface area (TPSA) is 112 Å². The highest BCUT2D eigenvalue weighted by atomic mass is 35.5. The van der Waals surface area contributed by atoms with E-state index in [1.165, 1.54) is 24.3 Å². The van der Waals surface area contributed by atoms with Crippen molar-refractivity contribution in [3.8, 4) is 17.7 Å². The summed E-state index contributed by atoms with van der Waals surface area (Å²) in [6.07, 6.45) is 3.34. The highest BCUT2D eigenvalue weighted by molar-refractivity contribution is 8.13. The molecule has 0 saturated carbocycles. The quantitative estimate of drug-likeness (QED) is 0.241. The van der Waals surface area contributed by atoms with Crippen LogP contribution in [0.5, 0.6) is 11.5 Å². The second kappa shape index (κ2) is 8.62. The lowest BCUT2D eigenvalue weighted by molar-refractivity contribution is 0.472. The minimum Gasteiger partial charge on any atom is -0.456 e. The highest BCUT2D eigenvalue weighted by Gasteiger charge is 2.18. The van der Waals surface area contributed by atoms with Crippen LogP contribution >= 0.6 is 35.0 Å². The number of rotatable bonds is 4. The van der Waals surface area contributed by atoms with E-state index in [-0.39, 0.29) is 27.4 Å². The first-order valence-corrected chi connectivity index (χ1v) is 10.2. The fraction of sp³-hybridized carbons (Fsp3) is 0.0667. The Hall–Kier alpha value is -1.96. The van der Waals surface area contributed by atoms with Gasteiger partial charge in [0.25, 0.3) is 10.1 Å². The number of benzene rings is 2. The van der Waals surface area contributed by atoms with Crippen molar-refractivity contribution in [3.05, 3.63) is 46.4 Å². The molecular formula is C15H11Cl2N3O4S2. The van der Waals surface area contributed by atoms with E-state index >= 15 is 0 Å². The van der Waals surface area contributed by atoms with Crippen LogP contribution in [0.15, 0.2) is 46.3 Å². The van der Waals surface area contributed by atoms with E-state index in [0.29, 0.717) is 5.02 Å². The van der Waals surface area contributed by atoms with Gasteiger partial charge in [0.1, 0.15) is 16.4 Å². The molecule has 0 fully saturated rings. The number of hydrogen-bond acceptors (Lipinski definition) is 6. The van der Waals surface area contributed by atoms with Gasteiger partial charge in [0.15, 0.2) is 11.4 Å². The Kier molecular flexibility index (Phi) is 6.75. The molecule has 0 aliphatic rings. The summed E-state index contributed by atoms with van der Waals surface area (Å²) in [4.78, 5) is 3.54. The molecule has 136 valence electrons. The lowest BCUT2D eigenvalue weighted by Gasteiger charge is -2.10. The number of ether oxygens (including phenoxy) is 1.